The summed E-state index contributed by atoms with van der Waals surface area (Å²) >= 11 is 1.62. The summed E-state index contributed by atoms with van der Waals surface area (Å²) in [4.78, 5) is 26.2. The van der Waals surface area contributed by atoms with Crippen LogP contribution in [-0.4, -0.2) is 35.2 Å². The van der Waals surface area contributed by atoms with E-state index >= 15 is 0 Å². The van der Waals surface area contributed by atoms with Crippen LogP contribution in [0.15, 0.2) is 64.3 Å². The van der Waals surface area contributed by atoms with Gasteiger partial charge in [-0.3, -0.25) is 9.59 Å². The summed E-state index contributed by atoms with van der Waals surface area (Å²) in [6.45, 7) is 2.65. The van der Waals surface area contributed by atoms with Crippen molar-refractivity contribution < 1.29 is 14.3 Å². The number of fused-ring (bicyclic) bond motifs is 1. The second-order valence-electron chi connectivity index (χ2n) is 6.75. The average molecular weight is 423 g/mol. The Morgan fingerprint density at radius 2 is 1.80 bits per heavy atom. The largest absolute Gasteiger partial charge is 0.486 e. The van der Waals surface area contributed by atoms with Gasteiger partial charge in [0.25, 0.3) is 5.56 Å². The van der Waals surface area contributed by atoms with Crippen LogP contribution in [0.3, 0.4) is 0 Å². The van der Waals surface area contributed by atoms with Gasteiger partial charge in [0.05, 0.1) is 5.69 Å². The van der Waals surface area contributed by atoms with E-state index in [9.17, 15) is 9.59 Å². The topological polar surface area (TPSA) is 82.5 Å². The molecule has 1 amide bonds. The van der Waals surface area contributed by atoms with Crippen LogP contribution in [0.25, 0.3) is 11.3 Å². The first kappa shape index (κ1) is 20.0. The van der Waals surface area contributed by atoms with E-state index in [1.54, 1.807) is 24.8 Å². The van der Waals surface area contributed by atoms with Gasteiger partial charge < -0.3 is 14.8 Å². The number of hydrogen-bond acceptors (Lipinski definition) is 6. The van der Waals surface area contributed by atoms with E-state index in [-0.39, 0.29) is 11.5 Å². The first-order valence-electron chi connectivity index (χ1n) is 9.50. The van der Waals surface area contributed by atoms with Gasteiger partial charge in [0.2, 0.25) is 5.91 Å². The highest BCUT2D eigenvalue weighted by Crippen LogP contribution is 2.33. The molecular weight excluding hydrogens is 402 g/mol. The Balaban J connectivity index is 1.57. The molecule has 1 aromatic heterocycles. The first-order chi connectivity index (χ1) is 14.5. The number of anilines is 1. The van der Waals surface area contributed by atoms with E-state index in [2.05, 4.69) is 10.4 Å². The van der Waals surface area contributed by atoms with Crippen LogP contribution in [0.4, 0.5) is 5.69 Å². The normalized spacial score (nSPS) is 13.5. The number of nitrogens with zero attached hydrogens (tertiary/aromatic N) is 2. The fourth-order valence-corrected chi connectivity index (χ4v) is 3.50. The number of carbonyl (C=O) groups excluding carboxylic acids is 1. The molecule has 0 bridgehead atoms. The zero-order valence-corrected chi connectivity index (χ0v) is 17.4. The third kappa shape index (κ3) is 4.18. The molecule has 1 aliphatic heterocycles. The van der Waals surface area contributed by atoms with Crippen molar-refractivity contribution in [1.29, 1.82) is 0 Å². The van der Waals surface area contributed by atoms with Gasteiger partial charge in [0.1, 0.15) is 19.3 Å². The molecule has 1 atom stereocenters. The molecule has 154 valence electrons. The Morgan fingerprint density at radius 3 is 2.53 bits per heavy atom. The minimum absolute atomic E-state index is 0.319. The summed E-state index contributed by atoms with van der Waals surface area (Å²) in [5.41, 5.74) is 1.65. The molecule has 3 aromatic rings. The number of aromatic nitrogens is 2. The molecule has 4 rings (SSSR count). The number of thioether (sulfide) groups is 1. The van der Waals surface area contributed by atoms with Gasteiger partial charge >= 0.3 is 0 Å². The molecule has 0 saturated heterocycles. The van der Waals surface area contributed by atoms with Crippen LogP contribution in [-0.2, 0) is 4.79 Å². The number of carbonyl (C=O) groups is 1. The minimum atomic E-state index is -0.783. The molecule has 0 unspecified atom stereocenters. The number of amides is 1. The molecule has 8 heteroatoms. The fraction of sp³-hybridized carbons (Fsp3) is 0.227. The molecule has 1 aliphatic rings. The van der Waals surface area contributed by atoms with E-state index in [0.717, 1.165) is 10.5 Å². The highest BCUT2D eigenvalue weighted by Gasteiger charge is 2.19. The highest BCUT2D eigenvalue weighted by molar-refractivity contribution is 7.98. The maximum Gasteiger partial charge on any atom is 0.267 e. The van der Waals surface area contributed by atoms with Crippen molar-refractivity contribution in [3.63, 3.8) is 0 Å². The molecular formula is C22H21N3O4S. The molecule has 1 N–H and O–H groups in total. The van der Waals surface area contributed by atoms with Crippen LogP contribution in [0.1, 0.15) is 13.0 Å². The summed E-state index contributed by atoms with van der Waals surface area (Å²) < 4.78 is 12.4. The van der Waals surface area contributed by atoms with Crippen molar-refractivity contribution in [1.82, 2.24) is 9.78 Å². The number of rotatable bonds is 5. The Hall–Kier alpha value is -3.26. The van der Waals surface area contributed by atoms with E-state index in [1.165, 1.54) is 10.7 Å². The lowest BCUT2D eigenvalue weighted by Gasteiger charge is -2.19. The van der Waals surface area contributed by atoms with Gasteiger partial charge in [-0.15, -0.1) is 11.8 Å². The Labute approximate surface area is 178 Å². The second-order valence-corrected chi connectivity index (χ2v) is 7.63. The zero-order chi connectivity index (χ0) is 21.1. The average Bonchev–Trinajstić information content (AvgIpc) is 2.79. The van der Waals surface area contributed by atoms with Crippen molar-refractivity contribution in [2.45, 2.75) is 17.9 Å². The molecule has 0 saturated carbocycles. The Kier molecular flexibility index (Phi) is 5.76. The molecule has 0 aliphatic carbocycles. The van der Waals surface area contributed by atoms with Gasteiger partial charge in [-0.2, -0.15) is 5.10 Å². The molecule has 30 heavy (non-hydrogen) atoms. The van der Waals surface area contributed by atoms with Crippen LogP contribution in [0, 0.1) is 0 Å². The number of ether oxygens (including phenoxy) is 2. The molecule has 0 fully saturated rings. The molecule has 0 radical (unpaired) electrons. The monoisotopic (exact) mass is 423 g/mol. The van der Waals surface area contributed by atoms with Crippen molar-refractivity contribution in [3.05, 3.63) is 65.0 Å². The lowest BCUT2D eigenvalue weighted by atomic mass is 10.1. The van der Waals surface area contributed by atoms with Crippen LogP contribution >= 0.6 is 11.8 Å². The van der Waals surface area contributed by atoms with Gasteiger partial charge in [0, 0.05) is 22.2 Å². The van der Waals surface area contributed by atoms with Crippen LogP contribution in [0.2, 0.25) is 0 Å². The molecule has 2 heterocycles. The Bertz CT molecular complexity index is 1130. The van der Waals surface area contributed by atoms with Crippen molar-refractivity contribution in [2.24, 2.45) is 0 Å². The zero-order valence-electron chi connectivity index (χ0n) is 16.6. The smallest absolute Gasteiger partial charge is 0.267 e. The Morgan fingerprint density at radius 1 is 1.07 bits per heavy atom. The van der Waals surface area contributed by atoms with Gasteiger partial charge in [-0.25, -0.2) is 4.68 Å². The summed E-state index contributed by atoms with van der Waals surface area (Å²) in [6.07, 6.45) is 1.99. The quantitative estimate of drug-likeness (QED) is 0.632. The molecule has 0 spiro atoms. The SMILES string of the molecule is CSc1ccc(NC(=O)[C@H](C)n2nc(-c3ccc4c(c3)OCCO4)ccc2=O)cc1. The van der Waals surface area contributed by atoms with Crippen LogP contribution in [0.5, 0.6) is 11.5 Å². The fourth-order valence-electron chi connectivity index (χ4n) is 3.09. The van der Waals surface area contributed by atoms with Crippen molar-refractivity contribution >= 4 is 23.4 Å². The van der Waals surface area contributed by atoms with Gasteiger partial charge in [-0.05, 0) is 61.7 Å². The van der Waals surface area contributed by atoms with Gasteiger partial charge in [0.15, 0.2) is 11.5 Å². The molecule has 2 aromatic carbocycles. The number of benzene rings is 2. The summed E-state index contributed by atoms with van der Waals surface area (Å²) in [5.74, 6) is 0.997. The lowest BCUT2D eigenvalue weighted by molar-refractivity contribution is -0.119. The van der Waals surface area contributed by atoms with Crippen molar-refractivity contribution in [2.75, 3.05) is 24.8 Å². The van der Waals surface area contributed by atoms with E-state index in [4.69, 9.17) is 9.47 Å². The summed E-state index contributed by atoms with van der Waals surface area (Å²) in [6, 6.07) is 15.3. The van der Waals surface area contributed by atoms with Crippen LogP contribution < -0.4 is 20.3 Å². The first-order valence-corrected chi connectivity index (χ1v) is 10.7. The van der Waals surface area contributed by atoms with Crippen molar-refractivity contribution in [3.8, 4) is 22.8 Å². The van der Waals surface area contributed by atoms with E-state index < -0.39 is 6.04 Å². The highest BCUT2D eigenvalue weighted by atomic mass is 32.2. The molecule has 7 nitrogen and oxygen atoms in total. The number of hydrogen-bond donors (Lipinski definition) is 1. The summed E-state index contributed by atoms with van der Waals surface area (Å²) in [7, 11) is 0. The minimum Gasteiger partial charge on any atom is -0.486 e. The number of nitrogens with one attached hydrogen (secondary N) is 1. The second kappa shape index (κ2) is 8.62. The van der Waals surface area contributed by atoms with E-state index in [1.807, 2.05) is 48.7 Å². The maximum absolute atomic E-state index is 12.7. The lowest BCUT2D eigenvalue weighted by Crippen LogP contribution is -2.33. The third-order valence-electron chi connectivity index (χ3n) is 4.77. The van der Waals surface area contributed by atoms with E-state index in [0.29, 0.717) is 36.1 Å². The third-order valence-corrected chi connectivity index (χ3v) is 5.51. The summed E-state index contributed by atoms with van der Waals surface area (Å²) in [5, 5.41) is 7.26. The maximum atomic E-state index is 12.7. The predicted molar refractivity (Wildman–Crippen MR) is 116 cm³/mol. The van der Waals surface area contributed by atoms with Gasteiger partial charge in [-0.1, -0.05) is 0 Å². The standard InChI is InChI=1S/C22H21N3O4S/c1-14(22(27)23-16-4-6-17(30-2)7-5-16)25-21(26)10-8-18(24-25)15-3-9-19-20(13-15)29-12-11-28-19/h3-10,13-14H,11-12H2,1-2H3,(H,23,27)/t14-/m0/s1. The predicted octanol–water partition coefficient (Wildman–Crippen LogP) is 3.60.